The first kappa shape index (κ1) is 26.3. The molecule has 1 atom stereocenters. The van der Waals surface area contributed by atoms with Crippen LogP contribution in [0.1, 0.15) is 36.8 Å². The van der Waals surface area contributed by atoms with Gasteiger partial charge in [-0.15, -0.1) is 0 Å². The van der Waals surface area contributed by atoms with E-state index >= 15 is 0 Å². The molecular weight excluding hydrogens is 542 g/mol. The maximum atomic E-state index is 13.8. The lowest BCUT2D eigenvalue weighted by molar-refractivity contribution is -0.385. The molecule has 0 amide bonds. The van der Waals surface area contributed by atoms with Gasteiger partial charge in [0.15, 0.2) is 4.80 Å². The van der Waals surface area contributed by atoms with E-state index in [4.69, 9.17) is 20.8 Å². The number of benzene rings is 2. The van der Waals surface area contributed by atoms with E-state index in [1.807, 2.05) is 12.1 Å². The number of carbonyl (C=O) groups excluding carboxylic acids is 1. The van der Waals surface area contributed by atoms with Crippen molar-refractivity contribution >= 4 is 40.7 Å². The molecule has 0 unspecified atom stereocenters. The monoisotopic (exact) mass is 563 g/mol. The molecule has 0 fully saturated rings. The normalized spacial score (nSPS) is 15.2. The Kier molecular flexibility index (Phi) is 7.07. The summed E-state index contributed by atoms with van der Waals surface area (Å²) in [5.74, 6) is 0.388. The highest BCUT2D eigenvalue weighted by molar-refractivity contribution is 7.07. The molecule has 0 saturated heterocycles. The molecule has 39 heavy (non-hydrogen) atoms. The van der Waals surface area contributed by atoms with Crippen LogP contribution in [0.5, 0.6) is 0 Å². The summed E-state index contributed by atoms with van der Waals surface area (Å²) >= 11 is 7.23. The lowest BCUT2D eigenvalue weighted by Crippen LogP contribution is -2.40. The summed E-state index contributed by atoms with van der Waals surface area (Å²) in [7, 11) is 0. The van der Waals surface area contributed by atoms with Gasteiger partial charge in [0.2, 0.25) is 0 Å². The van der Waals surface area contributed by atoms with Crippen LogP contribution in [0.3, 0.4) is 0 Å². The number of aromatic nitrogens is 1. The molecule has 0 spiro atoms. The van der Waals surface area contributed by atoms with Gasteiger partial charge in [0.1, 0.15) is 11.5 Å². The van der Waals surface area contributed by atoms with E-state index in [-0.39, 0.29) is 17.9 Å². The predicted molar refractivity (Wildman–Crippen MR) is 147 cm³/mol. The number of aryl methyl sites for hydroxylation is 1. The van der Waals surface area contributed by atoms with Gasteiger partial charge in [-0.3, -0.25) is 19.5 Å². The van der Waals surface area contributed by atoms with E-state index in [0.29, 0.717) is 42.7 Å². The second-order valence-electron chi connectivity index (χ2n) is 8.82. The van der Waals surface area contributed by atoms with Gasteiger partial charge in [-0.2, -0.15) is 0 Å². The Morgan fingerprint density at radius 2 is 2.03 bits per heavy atom. The zero-order valence-electron chi connectivity index (χ0n) is 21.1. The van der Waals surface area contributed by atoms with Crippen molar-refractivity contribution in [3.8, 4) is 11.3 Å². The van der Waals surface area contributed by atoms with Gasteiger partial charge in [0, 0.05) is 28.3 Å². The number of thiazole rings is 1. The van der Waals surface area contributed by atoms with Crippen LogP contribution in [0.25, 0.3) is 17.4 Å². The Bertz CT molecular complexity index is 1850. The van der Waals surface area contributed by atoms with Crippen molar-refractivity contribution in [2.24, 2.45) is 4.99 Å². The highest BCUT2D eigenvalue weighted by atomic mass is 35.5. The maximum absolute atomic E-state index is 13.8. The zero-order valence-corrected chi connectivity index (χ0v) is 22.7. The van der Waals surface area contributed by atoms with Gasteiger partial charge in [0.25, 0.3) is 11.2 Å². The van der Waals surface area contributed by atoms with Crippen molar-refractivity contribution in [1.82, 2.24) is 4.57 Å². The molecule has 0 N–H and O–H groups in total. The number of furan rings is 1. The molecule has 2 aromatic heterocycles. The average molecular weight is 564 g/mol. The van der Waals surface area contributed by atoms with Gasteiger partial charge < -0.3 is 9.15 Å². The largest absolute Gasteiger partial charge is 0.463 e. The SMILES string of the molecule is CCOC(=O)C1=C(C)N=c2s/c(=C/c3ccc(-c4cccc(Cl)c4)o3)c(=O)n2[C@H]1c1ccc(C)c([N+](=O)[O-])c1. The number of carbonyl (C=O) groups is 1. The highest BCUT2D eigenvalue weighted by Crippen LogP contribution is 2.33. The molecule has 0 aliphatic carbocycles. The van der Waals surface area contributed by atoms with E-state index in [1.54, 1.807) is 63.2 Å². The van der Waals surface area contributed by atoms with Gasteiger partial charge in [-0.25, -0.2) is 9.79 Å². The van der Waals surface area contributed by atoms with Crippen molar-refractivity contribution in [1.29, 1.82) is 0 Å². The third-order valence-electron chi connectivity index (χ3n) is 6.27. The van der Waals surface area contributed by atoms with E-state index in [0.717, 1.165) is 16.9 Å². The predicted octanol–water partition coefficient (Wildman–Crippen LogP) is 4.93. The number of nitrogens with zero attached hydrogens (tertiary/aromatic N) is 3. The molecule has 0 radical (unpaired) electrons. The second kappa shape index (κ2) is 10.5. The van der Waals surface area contributed by atoms with Crippen molar-refractivity contribution in [2.45, 2.75) is 26.8 Å². The molecule has 1 aliphatic heterocycles. The Morgan fingerprint density at radius 1 is 1.23 bits per heavy atom. The summed E-state index contributed by atoms with van der Waals surface area (Å²) in [4.78, 5) is 42.9. The van der Waals surface area contributed by atoms with Crippen molar-refractivity contribution < 1.29 is 18.9 Å². The number of hydrogen-bond donors (Lipinski definition) is 0. The quantitative estimate of drug-likeness (QED) is 0.186. The zero-order chi connectivity index (χ0) is 27.8. The van der Waals surface area contributed by atoms with Gasteiger partial charge in [-0.05, 0) is 50.6 Å². The van der Waals surface area contributed by atoms with Crippen LogP contribution < -0.4 is 14.9 Å². The summed E-state index contributed by atoms with van der Waals surface area (Å²) in [5.41, 5.74) is 1.64. The van der Waals surface area contributed by atoms with Crippen LogP contribution in [-0.4, -0.2) is 22.1 Å². The van der Waals surface area contributed by atoms with E-state index in [1.165, 1.54) is 10.6 Å². The molecule has 11 heteroatoms. The Hall–Kier alpha value is -4.28. The Labute approximate surface area is 231 Å². The summed E-state index contributed by atoms with van der Waals surface area (Å²) in [6, 6.07) is 14.4. The van der Waals surface area contributed by atoms with Crippen molar-refractivity contribution in [3.63, 3.8) is 0 Å². The van der Waals surface area contributed by atoms with E-state index < -0.39 is 22.5 Å². The highest BCUT2D eigenvalue weighted by Gasteiger charge is 2.34. The number of fused-ring (bicyclic) bond motifs is 1. The third kappa shape index (κ3) is 4.96. The lowest BCUT2D eigenvalue weighted by Gasteiger charge is -2.24. The Morgan fingerprint density at radius 3 is 2.74 bits per heavy atom. The summed E-state index contributed by atoms with van der Waals surface area (Å²) in [5, 5.41) is 12.2. The molecule has 0 saturated carbocycles. The number of rotatable bonds is 6. The van der Waals surface area contributed by atoms with E-state index in [9.17, 15) is 19.7 Å². The molecule has 5 rings (SSSR count). The van der Waals surface area contributed by atoms with Gasteiger partial charge in [-0.1, -0.05) is 47.2 Å². The first-order chi connectivity index (χ1) is 18.7. The minimum absolute atomic E-state index is 0.114. The summed E-state index contributed by atoms with van der Waals surface area (Å²) in [6.45, 7) is 5.08. The van der Waals surface area contributed by atoms with Gasteiger partial charge in [0.05, 0.1) is 33.4 Å². The van der Waals surface area contributed by atoms with Crippen molar-refractivity contribution in [2.75, 3.05) is 6.61 Å². The standard InChI is InChI=1S/C28H22ClN3O6S/c1-4-37-27(34)24-16(3)30-28-31(25(24)18-9-8-15(2)21(13-18)32(35)36)26(33)23(39-28)14-20-10-11-22(38-20)17-6-5-7-19(29)12-17/h5-14,25H,4H2,1-3H3/b23-14+/t25-/m0/s1. The summed E-state index contributed by atoms with van der Waals surface area (Å²) in [6.07, 6.45) is 1.61. The van der Waals surface area contributed by atoms with Crippen LogP contribution in [0.4, 0.5) is 5.69 Å². The number of esters is 1. The number of allylic oxidation sites excluding steroid dienone is 1. The molecule has 0 bridgehead atoms. The molecule has 3 heterocycles. The molecule has 9 nitrogen and oxygen atoms in total. The second-order valence-corrected chi connectivity index (χ2v) is 10.3. The fourth-order valence-corrected chi connectivity index (χ4v) is 5.67. The number of nitro groups is 1. The van der Waals surface area contributed by atoms with Crippen LogP contribution >= 0.6 is 22.9 Å². The third-order valence-corrected chi connectivity index (χ3v) is 7.49. The minimum atomic E-state index is -0.958. The average Bonchev–Trinajstić information content (AvgIpc) is 3.48. The van der Waals surface area contributed by atoms with Crippen molar-refractivity contribution in [3.05, 3.63) is 118 Å². The fraction of sp³-hybridized carbons (Fsp3) is 0.179. The molecule has 198 valence electrons. The van der Waals surface area contributed by atoms with Crippen LogP contribution in [0.2, 0.25) is 5.02 Å². The first-order valence-electron chi connectivity index (χ1n) is 12.0. The number of nitro benzene ring substituents is 1. The fourth-order valence-electron chi connectivity index (χ4n) is 4.46. The maximum Gasteiger partial charge on any atom is 0.338 e. The molecule has 1 aliphatic rings. The van der Waals surface area contributed by atoms with Crippen LogP contribution in [0.15, 0.2) is 80.1 Å². The van der Waals surface area contributed by atoms with Crippen LogP contribution in [0, 0.1) is 17.0 Å². The lowest BCUT2D eigenvalue weighted by atomic mass is 9.94. The smallest absolute Gasteiger partial charge is 0.338 e. The van der Waals surface area contributed by atoms with E-state index in [2.05, 4.69) is 4.99 Å². The number of ether oxygens (including phenoxy) is 1. The number of hydrogen-bond acceptors (Lipinski definition) is 8. The minimum Gasteiger partial charge on any atom is -0.463 e. The molecular formula is C28H22ClN3O6S. The molecule has 4 aromatic rings. The molecule has 2 aromatic carbocycles. The Balaban J connectivity index is 1.67. The van der Waals surface area contributed by atoms with Crippen LogP contribution in [-0.2, 0) is 9.53 Å². The summed E-state index contributed by atoms with van der Waals surface area (Å²) < 4.78 is 12.9. The van der Waals surface area contributed by atoms with Gasteiger partial charge >= 0.3 is 5.97 Å². The first-order valence-corrected chi connectivity index (χ1v) is 13.2. The number of halogens is 1. The topological polar surface area (TPSA) is 117 Å².